The number of hydrogen-bond donors (Lipinski definition) is 0. The van der Waals surface area contributed by atoms with Crippen LogP contribution in [0.15, 0.2) is 23.3 Å². The summed E-state index contributed by atoms with van der Waals surface area (Å²) in [6.07, 6.45) is 6.51. The van der Waals surface area contributed by atoms with E-state index in [0.29, 0.717) is 0 Å². The highest BCUT2D eigenvalue weighted by Gasteiger charge is 2.34. The van der Waals surface area contributed by atoms with E-state index in [9.17, 15) is 4.79 Å². The van der Waals surface area contributed by atoms with E-state index >= 15 is 0 Å². The second-order valence-electron chi connectivity index (χ2n) is 7.80. The van der Waals surface area contributed by atoms with Gasteiger partial charge in [-0.1, -0.05) is 67.0 Å². The third-order valence-corrected chi connectivity index (χ3v) is 3.72. The van der Waals surface area contributed by atoms with Gasteiger partial charge in [0, 0.05) is 18.7 Å². The van der Waals surface area contributed by atoms with Gasteiger partial charge < -0.3 is 4.90 Å². The van der Waals surface area contributed by atoms with Gasteiger partial charge in [0.2, 0.25) is 0 Å². The number of allylic oxidation sites excluding steroid dienone is 2. The first-order valence-corrected chi connectivity index (χ1v) is 7.80. The number of rotatable bonds is 3. The molecule has 2 heteroatoms. The van der Waals surface area contributed by atoms with Crippen LogP contribution in [-0.4, -0.2) is 23.9 Å². The van der Waals surface area contributed by atoms with Crippen LogP contribution < -0.4 is 0 Å². The van der Waals surface area contributed by atoms with Crippen molar-refractivity contribution in [3.63, 3.8) is 0 Å². The molecule has 0 aromatic heterocycles. The van der Waals surface area contributed by atoms with Gasteiger partial charge in [-0.05, 0) is 22.8 Å². The van der Waals surface area contributed by atoms with Crippen LogP contribution in [0, 0.1) is 10.8 Å². The minimum absolute atomic E-state index is 0.00442. The van der Waals surface area contributed by atoms with Gasteiger partial charge in [-0.15, -0.1) is 0 Å². The van der Waals surface area contributed by atoms with Gasteiger partial charge in [0.25, 0.3) is 5.91 Å². The summed E-state index contributed by atoms with van der Waals surface area (Å²) in [4.78, 5) is 15.0. The van der Waals surface area contributed by atoms with E-state index in [1.807, 2.05) is 4.90 Å². The molecule has 1 aliphatic rings. The molecule has 1 amide bonds. The van der Waals surface area contributed by atoms with E-state index in [-0.39, 0.29) is 16.7 Å². The highest BCUT2D eigenvalue weighted by atomic mass is 16.2. The molecule has 0 aromatic rings. The van der Waals surface area contributed by atoms with E-state index in [2.05, 4.69) is 60.6 Å². The van der Waals surface area contributed by atoms with E-state index in [4.69, 9.17) is 0 Å². The van der Waals surface area contributed by atoms with Crippen LogP contribution in [0.1, 0.15) is 61.3 Å². The summed E-state index contributed by atoms with van der Waals surface area (Å²) in [5.41, 5.74) is 2.04. The monoisotopic (exact) mass is 277 g/mol. The summed E-state index contributed by atoms with van der Waals surface area (Å²) in [6.45, 7) is 16.7. The molecule has 2 nitrogen and oxygen atoms in total. The number of carbonyl (C=O) groups is 1. The zero-order valence-corrected chi connectivity index (χ0v) is 14.3. The summed E-state index contributed by atoms with van der Waals surface area (Å²) in [6, 6.07) is 0. The molecule has 0 atom stereocenters. The molecule has 0 aromatic carbocycles. The lowest BCUT2D eigenvalue weighted by Crippen LogP contribution is -2.37. The van der Waals surface area contributed by atoms with Gasteiger partial charge in [0.05, 0.1) is 0 Å². The molecule has 20 heavy (non-hydrogen) atoms. The average Bonchev–Trinajstić information content (AvgIpc) is 2.44. The fraction of sp³-hybridized carbons (Fsp3) is 0.722. The second-order valence-corrected chi connectivity index (χ2v) is 7.80. The maximum Gasteiger partial charge on any atom is 0.250 e. The molecular formula is C18H31NO. The minimum Gasteiger partial charge on any atom is -0.335 e. The maximum atomic E-state index is 13.0. The topological polar surface area (TPSA) is 20.3 Å². The van der Waals surface area contributed by atoms with Crippen LogP contribution in [0.2, 0.25) is 0 Å². The van der Waals surface area contributed by atoms with Crippen LogP contribution in [0.25, 0.3) is 0 Å². The molecule has 0 saturated heterocycles. The normalized spacial score (nSPS) is 17.8. The van der Waals surface area contributed by atoms with Crippen molar-refractivity contribution in [2.24, 2.45) is 10.8 Å². The van der Waals surface area contributed by atoms with E-state index in [1.54, 1.807) is 0 Å². The van der Waals surface area contributed by atoms with Crippen molar-refractivity contribution in [2.45, 2.75) is 61.3 Å². The predicted molar refractivity (Wildman–Crippen MR) is 86.6 cm³/mol. The Labute approximate surface area is 124 Å². The molecule has 0 aliphatic carbocycles. The lowest BCUT2D eigenvalue weighted by Gasteiger charge is -2.32. The fourth-order valence-corrected chi connectivity index (χ4v) is 2.63. The Hall–Kier alpha value is -1.05. The zero-order valence-electron chi connectivity index (χ0n) is 14.3. The Morgan fingerprint density at radius 1 is 1.10 bits per heavy atom. The average molecular weight is 277 g/mol. The quantitative estimate of drug-likeness (QED) is 0.739. The first kappa shape index (κ1) is 17.0. The summed E-state index contributed by atoms with van der Waals surface area (Å²) in [5, 5.41) is 0. The van der Waals surface area contributed by atoms with Crippen molar-refractivity contribution in [3.05, 3.63) is 23.3 Å². The van der Waals surface area contributed by atoms with Crippen molar-refractivity contribution in [1.29, 1.82) is 0 Å². The van der Waals surface area contributed by atoms with Crippen molar-refractivity contribution in [3.8, 4) is 0 Å². The molecule has 114 valence electrons. The first-order chi connectivity index (χ1) is 9.09. The van der Waals surface area contributed by atoms with Crippen LogP contribution in [0.4, 0.5) is 0 Å². The lowest BCUT2D eigenvalue weighted by molar-refractivity contribution is -0.127. The number of amides is 1. The largest absolute Gasteiger partial charge is 0.335 e. The molecule has 0 bridgehead atoms. The van der Waals surface area contributed by atoms with Crippen LogP contribution >= 0.6 is 0 Å². The molecule has 1 rings (SSSR count). The number of unbranched alkanes of at least 4 members (excludes halogenated alkanes) is 1. The van der Waals surface area contributed by atoms with Crippen LogP contribution in [0.5, 0.6) is 0 Å². The highest BCUT2D eigenvalue weighted by Crippen LogP contribution is 2.39. The lowest BCUT2D eigenvalue weighted by atomic mass is 9.74. The highest BCUT2D eigenvalue weighted by molar-refractivity contribution is 5.96. The first-order valence-electron chi connectivity index (χ1n) is 7.80. The van der Waals surface area contributed by atoms with Gasteiger partial charge in [-0.3, -0.25) is 4.79 Å². The predicted octanol–water partition coefficient (Wildman–Crippen LogP) is 4.57. The standard InChI is InChI=1S/C18H31NO/c1-8-9-12-19-13-10-11-14(17(2,3)4)15(16(19)20)18(5,6)7/h10-11H,8-9,12-13H2,1-7H3. The van der Waals surface area contributed by atoms with E-state index < -0.39 is 0 Å². The van der Waals surface area contributed by atoms with Gasteiger partial charge in [0.1, 0.15) is 0 Å². The van der Waals surface area contributed by atoms with E-state index in [1.165, 1.54) is 5.57 Å². The Morgan fingerprint density at radius 2 is 1.70 bits per heavy atom. The molecule has 0 fully saturated rings. The van der Waals surface area contributed by atoms with Crippen LogP contribution in [-0.2, 0) is 4.79 Å². The summed E-state index contributed by atoms with van der Waals surface area (Å²) in [5.74, 6) is 0.223. The number of hydrogen-bond acceptors (Lipinski definition) is 1. The Kier molecular flexibility index (Phi) is 5.23. The second kappa shape index (κ2) is 6.15. The fourth-order valence-electron chi connectivity index (χ4n) is 2.63. The van der Waals surface area contributed by atoms with Gasteiger partial charge >= 0.3 is 0 Å². The van der Waals surface area contributed by atoms with Crippen molar-refractivity contribution in [1.82, 2.24) is 4.90 Å². The SMILES string of the molecule is CCCCN1CC=CC(C(C)(C)C)=C(C(C)(C)C)C1=O. The Morgan fingerprint density at radius 3 is 2.15 bits per heavy atom. The molecular weight excluding hydrogens is 246 g/mol. The molecule has 0 N–H and O–H groups in total. The smallest absolute Gasteiger partial charge is 0.250 e. The van der Waals surface area contributed by atoms with Crippen molar-refractivity contribution in [2.75, 3.05) is 13.1 Å². The summed E-state index contributed by atoms with van der Waals surface area (Å²) >= 11 is 0. The van der Waals surface area contributed by atoms with Crippen molar-refractivity contribution >= 4 is 5.91 Å². The third kappa shape index (κ3) is 3.97. The molecule has 0 radical (unpaired) electrons. The van der Waals surface area contributed by atoms with Gasteiger partial charge in [-0.25, -0.2) is 0 Å². The van der Waals surface area contributed by atoms with Gasteiger partial charge in [0.15, 0.2) is 0 Å². The molecule has 1 aliphatic heterocycles. The number of carbonyl (C=O) groups excluding carboxylic acids is 1. The Balaban J connectivity index is 3.29. The third-order valence-electron chi connectivity index (χ3n) is 3.72. The molecule has 0 unspecified atom stereocenters. The zero-order chi connectivity index (χ0) is 15.6. The van der Waals surface area contributed by atoms with E-state index in [0.717, 1.165) is 31.5 Å². The summed E-state index contributed by atoms with van der Waals surface area (Å²) < 4.78 is 0. The molecule has 0 saturated carbocycles. The van der Waals surface area contributed by atoms with Crippen LogP contribution in [0.3, 0.4) is 0 Å². The maximum absolute atomic E-state index is 13.0. The summed E-state index contributed by atoms with van der Waals surface area (Å²) in [7, 11) is 0. The number of nitrogens with zero attached hydrogens (tertiary/aromatic N) is 1. The molecule has 1 heterocycles. The van der Waals surface area contributed by atoms with Gasteiger partial charge in [-0.2, -0.15) is 0 Å². The molecule has 0 spiro atoms. The van der Waals surface area contributed by atoms with Crippen molar-refractivity contribution < 1.29 is 4.79 Å². The Bertz CT molecular complexity index is 416. The minimum atomic E-state index is -0.126.